The van der Waals surface area contributed by atoms with Crippen LogP contribution in [0, 0.1) is 0 Å². The number of aromatic amines is 1. The van der Waals surface area contributed by atoms with Crippen LogP contribution in [0.5, 0.6) is 0 Å². The molecule has 0 spiro atoms. The van der Waals surface area contributed by atoms with Crippen LogP contribution in [0.3, 0.4) is 0 Å². The average molecular weight is 540 g/mol. The highest BCUT2D eigenvalue weighted by Gasteiger charge is 2.32. The van der Waals surface area contributed by atoms with E-state index in [1.54, 1.807) is 37.4 Å². The summed E-state index contributed by atoms with van der Waals surface area (Å²) in [6, 6.07) is 24.3. The molecule has 2 heterocycles. The molecular formula is C29H25N5O4S. The molecule has 1 saturated heterocycles. The number of carbonyl (C=O) groups is 3. The molecule has 0 bridgehead atoms. The molecule has 5 rings (SSSR count). The van der Waals surface area contributed by atoms with Crippen molar-refractivity contribution in [3.8, 4) is 11.3 Å². The Balaban J connectivity index is 1.24. The van der Waals surface area contributed by atoms with Gasteiger partial charge in [0.15, 0.2) is 5.17 Å². The number of H-pyrrole nitrogens is 1. The smallest absolute Gasteiger partial charge is 0.338 e. The minimum absolute atomic E-state index is 0.0422. The zero-order valence-corrected chi connectivity index (χ0v) is 21.8. The molecule has 196 valence electrons. The summed E-state index contributed by atoms with van der Waals surface area (Å²) in [5.41, 5.74) is 4.73. The van der Waals surface area contributed by atoms with Gasteiger partial charge < -0.3 is 20.4 Å². The summed E-state index contributed by atoms with van der Waals surface area (Å²) in [6.07, 6.45) is 1.63. The SMILES string of the molecule is CCOC(=O)c1ccc(NC(=O)CC2S/C(=N\N=C\c3c(-c4ccccc4)[nH]c4ccccc34)NC2=O)cc1. The number of nitrogens with zero attached hydrogens (tertiary/aromatic N) is 2. The fourth-order valence-corrected chi connectivity index (χ4v) is 5.06. The highest BCUT2D eigenvalue weighted by Crippen LogP contribution is 2.29. The van der Waals surface area contributed by atoms with Gasteiger partial charge >= 0.3 is 5.97 Å². The number of anilines is 1. The Bertz CT molecular complexity index is 1580. The van der Waals surface area contributed by atoms with Crippen LogP contribution >= 0.6 is 11.8 Å². The number of ether oxygens (including phenoxy) is 1. The lowest BCUT2D eigenvalue weighted by atomic mass is 10.1. The van der Waals surface area contributed by atoms with Gasteiger partial charge in [-0.3, -0.25) is 9.59 Å². The third kappa shape index (κ3) is 6.07. The fourth-order valence-electron chi connectivity index (χ4n) is 4.14. The fraction of sp³-hybridized carbons (Fsp3) is 0.138. The Morgan fingerprint density at radius 1 is 1.03 bits per heavy atom. The molecule has 9 nitrogen and oxygen atoms in total. The number of aromatic nitrogens is 1. The molecule has 1 unspecified atom stereocenters. The van der Waals surface area contributed by atoms with E-state index in [1.807, 2.05) is 54.6 Å². The summed E-state index contributed by atoms with van der Waals surface area (Å²) in [6.45, 7) is 2.02. The third-order valence-electron chi connectivity index (χ3n) is 5.97. The van der Waals surface area contributed by atoms with Gasteiger partial charge in [-0.25, -0.2) is 4.79 Å². The maximum absolute atomic E-state index is 12.5. The Morgan fingerprint density at radius 3 is 2.54 bits per heavy atom. The van der Waals surface area contributed by atoms with E-state index in [1.165, 1.54) is 0 Å². The summed E-state index contributed by atoms with van der Waals surface area (Å²) in [4.78, 5) is 40.2. The zero-order valence-electron chi connectivity index (χ0n) is 21.0. The molecule has 3 N–H and O–H groups in total. The number of amidine groups is 1. The van der Waals surface area contributed by atoms with Gasteiger partial charge in [0.2, 0.25) is 11.8 Å². The van der Waals surface area contributed by atoms with Gasteiger partial charge in [0, 0.05) is 28.6 Å². The van der Waals surface area contributed by atoms with E-state index in [0.717, 1.165) is 39.5 Å². The second kappa shape index (κ2) is 11.8. The predicted molar refractivity (Wildman–Crippen MR) is 154 cm³/mol. The summed E-state index contributed by atoms with van der Waals surface area (Å²) >= 11 is 1.16. The molecule has 1 fully saturated rings. The molecule has 2 amide bonds. The molecule has 1 aromatic heterocycles. The highest BCUT2D eigenvalue weighted by atomic mass is 32.2. The predicted octanol–water partition coefficient (Wildman–Crippen LogP) is 4.96. The molecule has 4 aromatic rings. The molecular weight excluding hydrogens is 514 g/mol. The van der Waals surface area contributed by atoms with Crippen molar-refractivity contribution in [2.75, 3.05) is 11.9 Å². The van der Waals surface area contributed by atoms with Crippen LogP contribution in [0.25, 0.3) is 22.2 Å². The van der Waals surface area contributed by atoms with Gasteiger partial charge in [0.1, 0.15) is 5.25 Å². The first-order chi connectivity index (χ1) is 19.0. The first kappa shape index (κ1) is 25.9. The molecule has 10 heteroatoms. The number of hydrogen-bond acceptors (Lipinski definition) is 7. The standard InChI is InChI=1S/C29H25N5O4S/c1-2-38-28(37)19-12-14-20(15-13-19)31-25(35)16-24-27(36)33-29(39-24)34-30-17-22-21-10-6-7-11-23(21)32-26(22)18-8-4-3-5-9-18/h3-15,17,24,32H,2,16H2,1H3,(H,31,35)(H,33,34,36)/b30-17+. The maximum Gasteiger partial charge on any atom is 0.338 e. The minimum atomic E-state index is -0.634. The van der Waals surface area contributed by atoms with Crippen molar-refractivity contribution >= 4 is 57.5 Å². The number of nitrogens with one attached hydrogen (secondary N) is 3. The molecule has 0 radical (unpaired) electrons. The maximum atomic E-state index is 12.5. The van der Waals surface area contributed by atoms with E-state index >= 15 is 0 Å². The summed E-state index contributed by atoms with van der Waals surface area (Å²) in [5.74, 6) is -1.06. The number of benzene rings is 3. The second-order valence-electron chi connectivity index (χ2n) is 8.62. The largest absolute Gasteiger partial charge is 0.462 e. The number of amides is 2. The highest BCUT2D eigenvalue weighted by molar-refractivity contribution is 8.15. The third-order valence-corrected chi connectivity index (χ3v) is 7.04. The Hall–Kier alpha value is -4.70. The molecule has 1 aliphatic heterocycles. The summed E-state index contributed by atoms with van der Waals surface area (Å²) in [7, 11) is 0. The Morgan fingerprint density at radius 2 is 1.77 bits per heavy atom. The molecule has 0 aliphatic carbocycles. The van der Waals surface area contributed by atoms with Crippen molar-refractivity contribution in [3.63, 3.8) is 0 Å². The molecule has 39 heavy (non-hydrogen) atoms. The lowest BCUT2D eigenvalue weighted by Gasteiger charge is -2.08. The number of thioether (sulfide) groups is 1. The minimum Gasteiger partial charge on any atom is -0.462 e. The topological polar surface area (TPSA) is 125 Å². The van der Waals surface area contributed by atoms with Crippen LogP contribution in [-0.4, -0.2) is 46.0 Å². The van der Waals surface area contributed by atoms with E-state index in [0.29, 0.717) is 16.4 Å². The normalized spacial score (nSPS) is 16.1. The van der Waals surface area contributed by atoms with Crippen molar-refractivity contribution in [2.45, 2.75) is 18.6 Å². The number of esters is 1. The number of hydrogen-bond donors (Lipinski definition) is 3. The van der Waals surface area contributed by atoms with E-state index in [-0.39, 0.29) is 24.8 Å². The van der Waals surface area contributed by atoms with Gasteiger partial charge in [0.05, 0.1) is 24.1 Å². The second-order valence-corrected chi connectivity index (χ2v) is 9.81. The summed E-state index contributed by atoms with van der Waals surface area (Å²) < 4.78 is 4.96. The number of para-hydroxylation sites is 1. The number of fused-ring (bicyclic) bond motifs is 1. The van der Waals surface area contributed by atoms with Crippen molar-refractivity contribution in [3.05, 3.63) is 90.0 Å². The van der Waals surface area contributed by atoms with Crippen LogP contribution in [0.2, 0.25) is 0 Å². The lowest BCUT2D eigenvalue weighted by molar-refractivity contribution is -0.122. The number of rotatable bonds is 8. The van der Waals surface area contributed by atoms with Gasteiger partial charge in [-0.15, -0.1) is 5.10 Å². The van der Waals surface area contributed by atoms with Crippen LogP contribution in [0.15, 0.2) is 89.1 Å². The van der Waals surface area contributed by atoms with Gasteiger partial charge in [-0.1, -0.05) is 60.3 Å². The van der Waals surface area contributed by atoms with Crippen molar-refractivity contribution in [1.29, 1.82) is 0 Å². The van der Waals surface area contributed by atoms with Gasteiger partial charge in [-0.2, -0.15) is 5.10 Å². The lowest BCUT2D eigenvalue weighted by Crippen LogP contribution is -2.28. The van der Waals surface area contributed by atoms with Crippen molar-refractivity contribution < 1.29 is 19.1 Å². The average Bonchev–Trinajstić information content (AvgIpc) is 3.49. The van der Waals surface area contributed by atoms with Crippen LogP contribution < -0.4 is 10.6 Å². The molecule has 1 atom stereocenters. The number of carbonyl (C=O) groups excluding carboxylic acids is 3. The zero-order chi connectivity index (χ0) is 27.2. The molecule has 1 aliphatic rings. The van der Waals surface area contributed by atoms with Gasteiger partial charge in [0.25, 0.3) is 0 Å². The van der Waals surface area contributed by atoms with E-state index < -0.39 is 11.2 Å². The van der Waals surface area contributed by atoms with E-state index in [9.17, 15) is 14.4 Å². The van der Waals surface area contributed by atoms with E-state index in [2.05, 4.69) is 25.8 Å². The Kier molecular flexibility index (Phi) is 7.83. The first-order valence-corrected chi connectivity index (χ1v) is 13.2. The Labute approximate surface area is 228 Å². The first-order valence-electron chi connectivity index (χ1n) is 12.3. The van der Waals surface area contributed by atoms with E-state index in [4.69, 9.17) is 4.74 Å². The summed E-state index contributed by atoms with van der Waals surface area (Å²) in [5, 5.41) is 14.6. The van der Waals surface area contributed by atoms with Crippen LogP contribution in [-0.2, 0) is 14.3 Å². The van der Waals surface area contributed by atoms with Crippen LogP contribution in [0.1, 0.15) is 29.3 Å². The van der Waals surface area contributed by atoms with Crippen LogP contribution in [0.4, 0.5) is 5.69 Å². The molecule has 0 saturated carbocycles. The van der Waals surface area contributed by atoms with Crippen molar-refractivity contribution in [1.82, 2.24) is 10.3 Å². The molecule has 3 aromatic carbocycles. The van der Waals surface area contributed by atoms with Gasteiger partial charge in [-0.05, 0) is 42.8 Å². The monoisotopic (exact) mass is 539 g/mol. The quantitative estimate of drug-likeness (QED) is 0.166. The van der Waals surface area contributed by atoms with Crippen molar-refractivity contribution in [2.24, 2.45) is 10.2 Å².